The molecule has 5 aromatic rings. The van der Waals surface area contributed by atoms with Gasteiger partial charge in [0.2, 0.25) is 0 Å². The highest BCUT2D eigenvalue weighted by Crippen LogP contribution is 2.33. The molecule has 9 nitrogen and oxygen atoms in total. The van der Waals surface area contributed by atoms with Crippen LogP contribution in [0.2, 0.25) is 0 Å². The number of anilines is 2. The Balaban J connectivity index is 1.39. The number of nitrogens with one attached hydrogen (secondary N) is 3. The van der Waals surface area contributed by atoms with E-state index in [0.29, 0.717) is 6.04 Å². The van der Waals surface area contributed by atoms with Crippen LogP contribution in [-0.2, 0) is 0 Å². The minimum absolute atomic E-state index is 0.329. The van der Waals surface area contributed by atoms with Crippen molar-refractivity contribution in [2.75, 3.05) is 43.4 Å². The Morgan fingerprint density at radius 1 is 0.943 bits per heavy atom. The lowest BCUT2D eigenvalue weighted by atomic mass is 10.1. The molecule has 1 fully saturated rings. The second kappa shape index (κ2) is 8.66. The topological polar surface area (TPSA) is 102 Å². The standard InChI is InChI=1S/C26H29N9/c1-16(2)29-18-10-17(12-27-13-18)20-4-5-21-25(31-20)26(33-32-21)22-11-19-23(30-22)14-28-15-24(19)35-8-6-34(3)7-9-35/h4-5,10-16,29-30H,6-9H2,1-3H3,(H,32,33). The van der Waals surface area contributed by atoms with Crippen molar-refractivity contribution in [2.45, 2.75) is 19.9 Å². The highest BCUT2D eigenvalue weighted by Gasteiger charge is 2.20. The van der Waals surface area contributed by atoms with Crippen LogP contribution in [0.4, 0.5) is 11.4 Å². The third-order valence-corrected chi connectivity index (χ3v) is 6.52. The van der Waals surface area contributed by atoms with Crippen molar-refractivity contribution in [1.29, 1.82) is 0 Å². The van der Waals surface area contributed by atoms with Crippen molar-refractivity contribution in [3.05, 3.63) is 49.1 Å². The van der Waals surface area contributed by atoms with Crippen molar-refractivity contribution in [2.24, 2.45) is 0 Å². The van der Waals surface area contributed by atoms with Crippen LogP contribution in [0.1, 0.15) is 13.8 Å². The van der Waals surface area contributed by atoms with Crippen LogP contribution in [0, 0.1) is 0 Å². The van der Waals surface area contributed by atoms with Gasteiger partial charge < -0.3 is 20.1 Å². The third-order valence-electron chi connectivity index (χ3n) is 6.52. The number of hydrogen-bond acceptors (Lipinski definition) is 7. The average Bonchev–Trinajstić information content (AvgIpc) is 3.48. The first-order valence-electron chi connectivity index (χ1n) is 12.0. The molecule has 35 heavy (non-hydrogen) atoms. The summed E-state index contributed by atoms with van der Waals surface area (Å²) >= 11 is 0. The van der Waals surface area contributed by atoms with Crippen LogP contribution in [-0.4, -0.2) is 74.3 Å². The Bertz CT molecular complexity index is 1490. The summed E-state index contributed by atoms with van der Waals surface area (Å²) in [5.41, 5.74) is 8.40. The van der Waals surface area contributed by atoms with E-state index in [1.54, 1.807) is 0 Å². The van der Waals surface area contributed by atoms with E-state index in [0.717, 1.165) is 82.1 Å². The second-order valence-electron chi connectivity index (χ2n) is 9.52. The number of fused-ring (bicyclic) bond motifs is 2. The van der Waals surface area contributed by atoms with Gasteiger partial charge in [0, 0.05) is 55.6 Å². The molecule has 3 N–H and O–H groups in total. The maximum absolute atomic E-state index is 4.98. The van der Waals surface area contributed by atoms with Crippen LogP contribution < -0.4 is 10.2 Å². The van der Waals surface area contributed by atoms with E-state index in [1.165, 1.54) is 0 Å². The van der Waals surface area contributed by atoms with E-state index < -0.39 is 0 Å². The van der Waals surface area contributed by atoms with Crippen molar-refractivity contribution in [3.63, 3.8) is 0 Å². The van der Waals surface area contributed by atoms with E-state index >= 15 is 0 Å². The largest absolute Gasteiger partial charge is 0.382 e. The molecule has 1 aliphatic heterocycles. The molecule has 0 amide bonds. The summed E-state index contributed by atoms with van der Waals surface area (Å²) in [6.45, 7) is 8.30. The smallest absolute Gasteiger partial charge is 0.135 e. The van der Waals surface area contributed by atoms with Crippen molar-refractivity contribution >= 4 is 33.3 Å². The lowest BCUT2D eigenvalue weighted by molar-refractivity contribution is 0.313. The Hall–Kier alpha value is -3.98. The van der Waals surface area contributed by atoms with Gasteiger partial charge >= 0.3 is 0 Å². The first-order chi connectivity index (χ1) is 17.0. The molecule has 1 saturated heterocycles. The van der Waals surface area contributed by atoms with Gasteiger partial charge in [0.05, 0.1) is 46.2 Å². The van der Waals surface area contributed by atoms with Gasteiger partial charge in [0.15, 0.2) is 0 Å². The molecule has 0 unspecified atom stereocenters. The molecule has 6 rings (SSSR count). The van der Waals surface area contributed by atoms with Gasteiger partial charge in [-0.25, -0.2) is 4.98 Å². The van der Waals surface area contributed by atoms with Crippen molar-refractivity contribution in [1.82, 2.24) is 35.0 Å². The summed E-state index contributed by atoms with van der Waals surface area (Å²) in [6.07, 6.45) is 7.53. The predicted molar refractivity (Wildman–Crippen MR) is 141 cm³/mol. The summed E-state index contributed by atoms with van der Waals surface area (Å²) in [4.78, 5) is 22.2. The Labute approximate surface area is 203 Å². The number of nitrogens with zero attached hydrogens (tertiary/aromatic N) is 6. The second-order valence-corrected chi connectivity index (χ2v) is 9.52. The highest BCUT2D eigenvalue weighted by atomic mass is 15.3. The van der Waals surface area contributed by atoms with E-state index in [4.69, 9.17) is 4.98 Å². The average molecular weight is 468 g/mol. The quantitative estimate of drug-likeness (QED) is 0.357. The molecule has 0 bridgehead atoms. The summed E-state index contributed by atoms with van der Waals surface area (Å²) in [7, 11) is 2.17. The molecule has 1 aliphatic rings. The lowest BCUT2D eigenvalue weighted by Gasteiger charge is -2.34. The van der Waals surface area contributed by atoms with Crippen LogP contribution in [0.25, 0.3) is 44.6 Å². The molecular formula is C26H29N9. The van der Waals surface area contributed by atoms with Crippen molar-refractivity contribution in [3.8, 4) is 22.6 Å². The molecule has 0 atom stereocenters. The zero-order chi connectivity index (χ0) is 23.9. The Kier molecular flexibility index (Phi) is 5.33. The fourth-order valence-electron chi connectivity index (χ4n) is 4.70. The molecule has 9 heteroatoms. The van der Waals surface area contributed by atoms with E-state index in [2.05, 4.69) is 73.3 Å². The maximum atomic E-state index is 4.98. The molecular weight excluding hydrogens is 438 g/mol. The molecule has 0 aliphatic carbocycles. The van der Waals surface area contributed by atoms with Crippen LogP contribution in [0.3, 0.4) is 0 Å². The molecule has 0 saturated carbocycles. The molecule has 178 valence electrons. The number of pyridine rings is 3. The normalized spacial score (nSPS) is 14.9. The number of piperazine rings is 1. The number of likely N-dealkylation sites (N-methyl/N-ethyl adjacent to an activating group) is 1. The van der Waals surface area contributed by atoms with Crippen LogP contribution in [0.15, 0.2) is 49.1 Å². The minimum atomic E-state index is 0.329. The van der Waals surface area contributed by atoms with Crippen LogP contribution in [0.5, 0.6) is 0 Å². The monoisotopic (exact) mass is 467 g/mol. The van der Waals surface area contributed by atoms with Gasteiger partial charge in [-0.3, -0.25) is 15.1 Å². The number of rotatable bonds is 5. The number of aromatic nitrogens is 6. The zero-order valence-corrected chi connectivity index (χ0v) is 20.2. The number of H-pyrrole nitrogens is 2. The molecule has 0 spiro atoms. The van der Waals surface area contributed by atoms with Gasteiger partial charge in [0.1, 0.15) is 11.2 Å². The minimum Gasteiger partial charge on any atom is -0.382 e. The zero-order valence-electron chi connectivity index (χ0n) is 20.2. The SMILES string of the molecule is CC(C)Nc1cncc(-c2ccc3[nH]nc(-c4cc5c(N6CCN(C)CC6)cncc5[nH]4)c3n2)c1. The maximum Gasteiger partial charge on any atom is 0.135 e. The van der Waals surface area contributed by atoms with Crippen LogP contribution >= 0.6 is 0 Å². The highest BCUT2D eigenvalue weighted by molar-refractivity contribution is 5.98. The predicted octanol–water partition coefficient (Wildman–Crippen LogP) is 4.14. The summed E-state index contributed by atoms with van der Waals surface area (Å²) in [6, 6.07) is 8.61. The molecule has 0 aromatic carbocycles. The van der Waals surface area contributed by atoms with E-state index in [1.807, 2.05) is 36.9 Å². The van der Waals surface area contributed by atoms with E-state index in [9.17, 15) is 0 Å². The van der Waals surface area contributed by atoms with Gasteiger partial charge in [-0.2, -0.15) is 5.10 Å². The van der Waals surface area contributed by atoms with Gasteiger partial charge in [0.25, 0.3) is 0 Å². The first-order valence-corrected chi connectivity index (χ1v) is 12.0. The van der Waals surface area contributed by atoms with Crippen molar-refractivity contribution < 1.29 is 0 Å². The van der Waals surface area contributed by atoms with E-state index in [-0.39, 0.29) is 0 Å². The fraction of sp³-hybridized carbons (Fsp3) is 0.308. The van der Waals surface area contributed by atoms with Gasteiger partial charge in [-0.15, -0.1) is 0 Å². The Morgan fingerprint density at radius 3 is 2.60 bits per heavy atom. The fourth-order valence-corrected chi connectivity index (χ4v) is 4.70. The lowest BCUT2D eigenvalue weighted by Crippen LogP contribution is -2.44. The Morgan fingerprint density at radius 2 is 1.77 bits per heavy atom. The summed E-state index contributed by atoms with van der Waals surface area (Å²) < 4.78 is 0. The third kappa shape index (κ3) is 4.08. The molecule has 0 radical (unpaired) electrons. The molecule has 6 heterocycles. The summed E-state index contributed by atoms with van der Waals surface area (Å²) in [5.74, 6) is 0. The number of aromatic amines is 2. The van der Waals surface area contributed by atoms with Gasteiger partial charge in [-0.05, 0) is 45.2 Å². The summed E-state index contributed by atoms with van der Waals surface area (Å²) in [5, 5.41) is 12.3. The first kappa shape index (κ1) is 21.5. The van der Waals surface area contributed by atoms with Gasteiger partial charge in [-0.1, -0.05) is 0 Å². The number of hydrogen-bond donors (Lipinski definition) is 3. The molecule has 5 aromatic heterocycles.